The smallest absolute Gasteiger partial charge is 0.230 e. The molecule has 0 bridgehead atoms. The van der Waals surface area contributed by atoms with Gasteiger partial charge in [0.05, 0.1) is 0 Å². The first-order chi connectivity index (χ1) is 8.36. The highest BCUT2D eigenvalue weighted by atomic mass is 16.2. The van der Waals surface area contributed by atoms with Gasteiger partial charge in [-0.05, 0) is 30.9 Å². The van der Waals surface area contributed by atoms with Crippen LogP contribution in [-0.2, 0) is 11.2 Å². The van der Waals surface area contributed by atoms with Crippen molar-refractivity contribution in [1.82, 2.24) is 4.98 Å². The van der Waals surface area contributed by atoms with E-state index in [1.165, 1.54) is 24.8 Å². The lowest BCUT2D eigenvalue weighted by atomic mass is 9.88. The van der Waals surface area contributed by atoms with Crippen molar-refractivity contribution in [2.75, 3.05) is 11.4 Å². The third-order valence-corrected chi connectivity index (χ3v) is 3.99. The maximum absolute atomic E-state index is 12.5. The first-order valence-corrected chi connectivity index (χ1v) is 6.60. The SMILES string of the molecule is O=C(C1CCCCC1)N1CCc2cnccc21. The lowest BCUT2D eigenvalue weighted by molar-refractivity contribution is -0.123. The van der Waals surface area contributed by atoms with E-state index in [1.54, 1.807) is 6.20 Å². The second kappa shape index (κ2) is 4.47. The molecular formula is C14H18N2O. The van der Waals surface area contributed by atoms with Crippen LogP contribution in [0.4, 0.5) is 5.69 Å². The molecule has 0 unspecified atom stereocenters. The molecular weight excluding hydrogens is 212 g/mol. The first kappa shape index (κ1) is 10.8. The van der Waals surface area contributed by atoms with Crippen LogP contribution in [0, 0.1) is 5.92 Å². The fraction of sp³-hybridized carbons (Fsp3) is 0.571. The molecule has 0 aromatic carbocycles. The minimum atomic E-state index is 0.267. The fourth-order valence-electron chi connectivity index (χ4n) is 3.03. The predicted molar refractivity (Wildman–Crippen MR) is 66.9 cm³/mol. The number of hydrogen-bond acceptors (Lipinski definition) is 2. The van der Waals surface area contributed by atoms with Gasteiger partial charge in [0, 0.05) is 30.5 Å². The zero-order valence-electron chi connectivity index (χ0n) is 10.1. The number of carbonyl (C=O) groups excluding carboxylic acids is 1. The highest BCUT2D eigenvalue weighted by Crippen LogP contribution is 2.32. The predicted octanol–water partition coefficient (Wildman–Crippen LogP) is 2.55. The van der Waals surface area contributed by atoms with Crippen LogP contribution in [0.5, 0.6) is 0 Å². The highest BCUT2D eigenvalue weighted by molar-refractivity contribution is 5.96. The molecule has 1 aliphatic carbocycles. The van der Waals surface area contributed by atoms with E-state index < -0.39 is 0 Å². The molecule has 1 aromatic heterocycles. The van der Waals surface area contributed by atoms with Crippen molar-refractivity contribution in [2.24, 2.45) is 5.92 Å². The van der Waals surface area contributed by atoms with E-state index in [0.29, 0.717) is 5.91 Å². The second-order valence-electron chi connectivity index (χ2n) is 5.08. The molecule has 90 valence electrons. The van der Waals surface area contributed by atoms with Crippen molar-refractivity contribution in [2.45, 2.75) is 38.5 Å². The van der Waals surface area contributed by atoms with Gasteiger partial charge < -0.3 is 4.90 Å². The Bertz CT molecular complexity index is 424. The molecule has 2 heterocycles. The summed E-state index contributed by atoms with van der Waals surface area (Å²) in [5, 5.41) is 0. The summed E-state index contributed by atoms with van der Waals surface area (Å²) < 4.78 is 0. The topological polar surface area (TPSA) is 33.2 Å². The number of hydrogen-bond donors (Lipinski definition) is 0. The van der Waals surface area contributed by atoms with Gasteiger partial charge in [0.25, 0.3) is 0 Å². The molecule has 1 aromatic rings. The van der Waals surface area contributed by atoms with E-state index >= 15 is 0 Å². The number of amides is 1. The molecule has 0 saturated heterocycles. The molecule has 2 aliphatic rings. The van der Waals surface area contributed by atoms with Gasteiger partial charge in [0.2, 0.25) is 5.91 Å². The van der Waals surface area contributed by atoms with Crippen molar-refractivity contribution < 1.29 is 4.79 Å². The molecule has 1 saturated carbocycles. The normalized spacial score (nSPS) is 20.4. The van der Waals surface area contributed by atoms with Crippen LogP contribution in [0.3, 0.4) is 0 Å². The molecule has 1 amide bonds. The third kappa shape index (κ3) is 1.94. The van der Waals surface area contributed by atoms with Crippen molar-refractivity contribution in [3.8, 4) is 0 Å². The number of pyridine rings is 1. The molecule has 3 nitrogen and oxygen atoms in total. The van der Waals surface area contributed by atoms with Crippen molar-refractivity contribution in [3.05, 3.63) is 24.0 Å². The van der Waals surface area contributed by atoms with Crippen molar-refractivity contribution in [3.63, 3.8) is 0 Å². The number of rotatable bonds is 1. The Morgan fingerprint density at radius 2 is 2.12 bits per heavy atom. The standard InChI is InChI=1S/C14H18N2O/c17-14(11-4-2-1-3-5-11)16-9-7-12-10-15-8-6-13(12)16/h6,8,10-11H,1-5,7,9H2. The van der Waals surface area contributed by atoms with E-state index in [1.807, 2.05) is 17.2 Å². The average molecular weight is 230 g/mol. The molecule has 0 radical (unpaired) electrons. The summed E-state index contributed by atoms with van der Waals surface area (Å²) in [6.07, 6.45) is 10.5. The Morgan fingerprint density at radius 3 is 2.94 bits per heavy atom. The Balaban J connectivity index is 1.79. The van der Waals surface area contributed by atoms with Gasteiger partial charge in [0.1, 0.15) is 0 Å². The minimum absolute atomic E-state index is 0.267. The summed E-state index contributed by atoms with van der Waals surface area (Å²) >= 11 is 0. The molecule has 1 fully saturated rings. The maximum Gasteiger partial charge on any atom is 0.230 e. The van der Waals surface area contributed by atoms with Crippen molar-refractivity contribution in [1.29, 1.82) is 0 Å². The lowest BCUT2D eigenvalue weighted by Crippen LogP contribution is -2.35. The summed E-state index contributed by atoms with van der Waals surface area (Å²) in [5.41, 5.74) is 2.31. The number of nitrogens with zero attached hydrogens (tertiary/aromatic N) is 2. The Kier molecular flexibility index (Phi) is 2.83. The van der Waals surface area contributed by atoms with Crippen molar-refractivity contribution >= 4 is 11.6 Å². The van der Waals surface area contributed by atoms with Crippen LogP contribution in [0.1, 0.15) is 37.7 Å². The number of anilines is 1. The second-order valence-corrected chi connectivity index (χ2v) is 5.08. The molecule has 17 heavy (non-hydrogen) atoms. The Labute approximate surface area is 102 Å². The summed E-state index contributed by atoms with van der Waals surface area (Å²) in [4.78, 5) is 18.6. The number of fused-ring (bicyclic) bond motifs is 1. The summed E-state index contributed by atoms with van der Waals surface area (Å²) in [6, 6.07) is 1.98. The Morgan fingerprint density at radius 1 is 1.29 bits per heavy atom. The molecule has 0 N–H and O–H groups in total. The third-order valence-electron chi connectivity index (χ3n) is 3.99. The molecule has 0 spiro atoms. The van der Waals surface area contributed by atoms with Gasteiger partial charge in [-0.1, -0.05) is 19.3 Å². The fourth-order valence-corrected chi connectivity index (χ4v) is 3.03. The average Bonchev–Trinajstić information content (AvgIpc) is 2.83. The molecule has 3 heteroatoms. The zero-order valence-corrected chi connectivity index (χ0v) is 10.1. The van der Waals surface area contributed by atoms with Crippen LogP contribution in [0.15, 0.2) is 18.5 Å². The van der Waals surface area contributed by atoms with Crippen LogP contribution in [0.25, 0.3) is 0 Å². The van der Waals surface area contributed by atoms with E-state index in [4.69, 9.17) is 0 Å². The maximum atomic E-state index is 12.5. The van der Waals surface area contributed by atoms with Crippen LogP contribution < -0.4 is 4.90 Å². The number of carbonyl (C=O) groups is 1. The van der Waals surface area contributed by atoms with Crippen LogP contribution in [0.2, 0.25) is 0 Å². The van der Waals surface area contributed by atoms with Crippen LogP contribution >= 0.6 is 0 Å². The zero-order chi connectivity index (χ0) is 11.7. The van der Waals surface area contributed by atoms with Gasteiger partial charge in [-0.25, -0.2) is 0 Å². The van der Waals surface area contributed by atoms with Gasteiger partial charge in [0.15, 0.2) is 0 Å². The quantitative estimate of drug-likeness (QED) is 0.743. The van der Waals surface area contributed by atoms with E-state index in [2.05, 4.69) is 4.98 Å². The van der Waals surface area contributed by atoms with Crippen LogP contribution in [-0.4, -0.2) is 17.4 Å². The minimum Gasteiger partial charge on any atom is -0.311 e. The summed E-state index contributed by atoms with van der Waals surface area (Å²) in [7, 11) is 0. The summed E-state index contributed by atoms with van der Waals surface area (Å²) in [5.74, 6) is 0.609. The molecule has 3 rings (SSSR count). The molecule has 0 atom stereocenters. The van der Waals surface area contributed by atoms with Gasteiger partial charge in [-0.15, -0.1) is 0 Å². The lowest BCUT2D eigenvalue weighted by Gasteiger charge is -2.26. The van der Waals surface area contributed by atoms with Gasteiger partial charge >= 0.3 is 0 Å². The van der Waals surface area contributed by atoms with Gasteiger partial charge in [-0.2, -0.15) is 0 Å². The molecule has 1 aliphatic heterocycles. The summed E-state index contributed by atoms with van der Waals surface area (Å²) in [6.45, 7) is 0.844. The van der Waals surface area contributed by atoms with Gasteiger partial charge in [-0.3, -0.25) is 9.78 Å². The monoisotopic (exact) mass is 230 g/mol. The van der Waals surface area contributed by atoms with E-state index in [9.17, 15) is 4.79 Å². The number of aromatic nitrogens is 1. The Hall–Kier alpha value is -1.38. The largest absolute Gasteiger partial charge is 0.311 e. The highest BCUT2D eigenvalue weighted by Gasteiger charge is 2.30. The first-order valence-electron chi connectivity index (χ1n) is 6.60. The van der Waals surface area contributed by atoms with E-state index in [0.717, 1.165) is 31.5 Å². The van der Waals surface area contributed by atoms with E-state index in [-0.39, 0.29) is 5.92 Å².